The van der Waals surface area contributed by atoms with Crippen molar-refractivity contribution in [2.45, 2.75) is 36.8 Å². The van der Waals surface area contributed by atoms with Crippen LogP contribution in [0.2, 0.25) is 0 Å². The van der Waals surface area contributed by atoms with Gasteiger partial charge in [-0.05, 0) is 79.1 Å². The maximum atomic E-state index is 12.7. The maximum Gasteiger partial charge on any atom is 0.261 e. The molecule has 38 heavy (non-hydrogen) atoms. The van der Waals surface area contributed by atoms with E-state index in [1.807, 2.05) is 12.1 Å². The summed E-state index contributed by atoms with van der Waals surface area (Å²) in [7, 11) is -3.77. The second-order valence-electron chi connectivity index (χ2n) is 9.29. The standard InChI is InChI=1S/C27H32N4O6S/c1-18(32)29-21-5-9-24(10-6-21)38(36,37)30-22-3-7-23(8-4-22)31-14-12-20(13-15-31)28-17-27(35)19-2-11-25(33)26(34)16-19/h2-11,16,20,27-28,30,33-35H,12-15,17H2,1H3,(H,29,32)/t27-/m0/s1. The summed E-state index contributed by atoms with van der Waals surface area (Å²) in [6.45, 7) is 3.33. The van der Waals surface area contributed by atoms with Crippen LogP contribution < -0.4 is 20.3 Å². The van der Waals surface area contributed by atoms with Gasteiger partial charge in [-0.25, -0.2) is 8.42 Å². The Morgan fingerprint density at radius 1 is 0.947 bits per heavy atom. The van der Waals surface area contributed by atoms with Gasteiger partial charge in [0.05, 0.1) is 11.0 Å². The summed E-state index contributed by atoms with van der Waals surface area (Å²) in [5.41, 5.74) is 2.49. The predicted molar refractivity (Wildman–Crippen MR) is 146 cm³/mol. The van der Waals surface area contributed by atoms with Crippen molar-refractivity contribution in [2.24, 2.45) is 0 Å². The highest BCUT2D eigenvalue weighted by molar-refractivity contribution is 7.92. The molecule has 6 N–H and O–H groups in total. The summed E-state index contributed by atoms with van der Waals surface area (Å²) in [4.78, 5) is 13.5. The molecule has 0 aliphatic carbocycles. The maximum absolute atomic E-state index is 12.7. The van der Waals surface area contributed by atoms with Crippen molar-refractivity contribution in [3.05, 3.63) is 72.3 Å². The van der Waals surface area contributed by atoms with Gasteiger partial charge in [-0.15, -0.1) is 0 Å². The molecule has 1 aliphatic rings. The summed E-state index contributed by atoms with van der Waals surface area (Å²) < 4.78 is 28.0. The van der Waals surface area contributed by atoms with Crippen LogP contribution in [0.25, 0.3) is 0 Å². The number of aliphatic hydroxyl groups is 1. The first-order valence-electron chi connectivity index (χ1n) is 12.3. The summed E-state index contributed by atoms with van der Waals surface area (Å²) in [5, 5.41) is 35.4. The number of piperidine rings is 1. The third-order valence-corrected chi connectivity index (χ3v) is 7.85. The fraction of sp³-hybridized carbons (Fsp3) is 0.296. The molecule has 1 heterocycles. The number of amides is 1. The molecule has 0 aromatic heterocycles. The van der Waals surface area contributed by atoms with Crippen molar-refractivity contribution in [3.8, 4) is 11.5 Å². The third-order valence-electron chi connectivity index (χ3n) is 6.45. The lowest BCUT2D eigenvalue weighted by molar-refractivity contribution is -0.114. The smallest absolute Gasteiger partial charge is 0.261 e. The van der Waals surface area contributed by atoms with E-state index in [4.69, 9.17) is 0 Å². The van der Waals surface area contributed by atoms with Gasteiger partial charge >= 0.3 is 0 Å². The van der Waals surface area contributed by atoms with E-state index in [0.717, 1.165) is 31.6 Å². The van der Waals surface area contributed by atoms with Crippen LogP contribution >= 0.6 is 0 Å². The number of sulfonamides is 1. The summed E-state index contributed by atoms with van der Waals surface area (Å²) >= 11 is 0. The Balaban J connectivity index is 1.26. The number of carbonyl (C=O) groups excluding carboxylic acids is 1. The Morgan fingerprint density at radius 3 is 2.18 bits per heavy atom. The minimum atomic E-state index is -3.77. The molecular formula is C27H32N4O6S. The highest BCUT2D eigenvalue weighted by Gasteiger charge is 2.21. The van der Waals surface area contributed by atoms with Crippen LogP contribution in [0.4, 0.5) is 17.1 Å². The molecule has 0 unspecified atom stereocenters. The van der Waals surface area contributed by atoms with Crippen LogP contribution in [-0.2, 0) is 14.8 Å². The first kappa shape index (κ1) is 27.2. The molecule has 3 aromatic carbocycles. The van der Waals surface area contributed by atoms with Crippen LogP contribution in [0.5, 0.6) is 11.5 Å². The molecular weight excluding hydrogens is 508 g/mol. The zero-order chi connectivity index (χ0) is 27.3. The van der Waals surface area contributed by atoms with Gasteiger partial charge in [0.1, 0.15) is 0 Å². The zero-order valence-electron chi connectivity index (χ0n) is 21.0. The van der Waals surface area contributed by atoms with E-state index >= 15 is 0 Å². The number of phenols is 2. The molecule has 1 saturated heterocycles. The summed E-state index contributed by atoms with van der Waals surface area (Å²) in [6, 6.07) is 17.7. The van der Waals surface area contributed by atoms with Gasteiger partial charge in [-0.2, -0.15) is 0 Å². The van der Waals surface area contributed by atoms with Gasteiger partial charge < -0.3 is 30.9 Å². The number of benzene rings is 3. The molecule has 202 valence electrons. The van der Waals surface area contributed by atoms with Gasteiger partial charge in [0.15, 0.2) is 11.5 Å². The number of hydrogen-bond donors (Lipinski definition) is 6. The van der Waals surface area contributed by atoms with Crippen LogP contribution in [0.15, 0.2) is 71.6 Å². The highest BCUT2D eigenvalue weighted by atomic mass is 32.2. The number of phenolic OH excluding ortho intramolecular Hbond substituents is 2. The van der Waals surface area contributed by atoms with E-state index in [1.165, 1.54) is 43.3 Å². The van der Waals surface area contributed by atoms with Crippen LogP contribution in [-0.4, -0.2) is 55.3 Å². The van der Waals surface area contributed by atoms with Crippen LogP contribution in [0.1, 0.15) is 31.4 Å². The van der Waals surface area contributed by atoms with Crippen molar-refractivity contribution < 1.29 is 28.5 Å². The summed E-state index contributed by atoms with van der Waals surface area (Å²) in [6.07, 6.45) is 0.943. The number of aliphatic hydroxyl groups excluding tert-OH is 1. The zero-order valence-corrected chi connectivity index (χ0v) is 21.8. The molecule has 1 atom stereocenters. The first-order valence-corrected chi connectivity index (χ1v) is 13.8. The lowest BCUT2D eigenvalue weighted by Crippen LogP contribution is -2.43. The minimum Gasteiger partial charge on any atom is -0.504 e. The molecule has 3 aromatic rings. The molecule has 0 bridgehead atoms. The second kappa shape index (κ2) is 11.7. The lowest BCUT2D eigenvalue weighted by Gasteiger charge is -2.34. The van der Waals surface area contributed by atoms with E-state index in [9.17, 15) is 28.5 Å². The van der Waals surface area contributed by atoms with E-state index in [0.29, 0.717) is 23.5 Å². The van der Waals surface area contributed by atoms with Crippen LogP contribution in [0, 0.1) is 0 Å². The molecule has 4 rings (SSSR count). The quantitative estimate of drug-likeness (QED) is 0.227. The molecule has 1 amide bonds. The fourth-order valence-electron chi connectivity index (χ4n) is 4.36. The fourth-order valence-corrected chi connectivity index (χ4v) is 5.42. The normalized spacial score (nSPS) is 15.2. The van der Waals surface area contributed by atoms with Gasteiger partial charge in [-0.3, -0.25) is 9.52 Å². The van der Waals surface area contributed by atoms with Gasteiger partial charge in [0.25, 0.3) is 10.0 Å². The molecule has 10 nitrogen and oxygen atoms in total. The molecule has 11 heteroatoms. The Morgan fingerprint density at radius 2 is 1.58 bits per heavy atom. The number of nitrogens with zero attached hydrogens (tertiary/aromatic N) is 1. The molecule has 1 fully saturated rings. The number of aromatic hydroxyl groups is 2. The topological polar surface area (TPSA) is 151 Å². The Kier molecular flexibility index (Phi) is 8.40. The highest BCUT2D eigenvalue weighted by Crippen LogP contribution is 2.28. The second-order valence-corrected chi connectivity index (χ2v) is 11.0. The number of rotatable bonds is 9. The van der Waals surface area contributed by atoms with Crippen molar-refractivity contribution in [1.29, 1.82) is 0 Å². The number of nitrogens with one attached hydrogen (secondary N) is 3. The Bertz CT molecular complexity index is 1360. The third kappa shape index (κ3) is 6.94. The Hall–Kier alpha value is -3.80. The van der Waals surface area contributed by atoms with E-state index in [1.54, 1.807) is 18.2 Å². The SMILES string of the molecule is CC(=O)Nc1ccc(S(=O)(=O)Nc2ccc(N3CCC(NC[C@H](O)c4ccc(O)c(O)c4)CC3)cc2)cc1. The molecule has 0 spiro atoms. The largest absolute Gasteiger partial charge is 0.504 e. The van der Waals surface area contributed by atoms with Crippen LogP contribution in [0.3, 0.4) is 0 Å². The van der Waals surface area contributed by atoms with Crippen molar-refractivity contribution in [1.82, 2.24) is 5.32 Å². The van der Waals surface area contributed by atoms with E-state index in [-0.39, 0.29) is 28.3 Å². The van der Waals surface area contributed by atoms with E-state index < -0.39 is 16.1 Å². The number of carbonyl (C=O) groups is 1. The van der Waals surface area contributed by atoms with Gasteiger partial charge in [0, 0.05) is 49.7 Å². The molecule has 0 saturated carbocycles. The number of anilines is 3. The predicted octanol–water partition coefficient (Wildman–Crippen LogP) is 3.15. The van der Waals surface area contributed by atoms with Crippen molar-refractivity contribution in [3.63, 3.8) is 0 Å². The van der Waals surface area contributed by atoms with E-state index in [2.05, 4.69) is 20.3 Å². The average molecular weight is 541 g/mol. The minimum absolute atomic E-state index is 0.0950. The average Bonchev–Trinajstić information content (AvgIpc) is 2.89. The first-order chi connectivity index (χ1) is 18.1. The summed E-state index contributed by atoms with van der Waals surface area (Å²) in [5.74, 6) is -0.710. The molecule has 1 aliphatic heterocycles. The monoisotopic (exact) mass is 540 g/mol. The van der Waals surface area contributed by atoms with Gasteiger partial charge in [0.2, 0.25) is 5.91 Å². The van der Waals surface area contributed by atoms with Crippen molar-refractivity contribution >= 4 is 33.0 Å². The molecule has 0 radical (unpaired) electrons. The lowest BCUT2D eigenvalue weighted by atomic mass is 10.0. The Labute approximate surface area is 222 Å². The van der Waals surface area contributed by atoms with Gasteiger partial charge in [-0.1, -0.05) is 6.07 Å². The number of hydrogen-bond acceptors (Lipinski definition) is 8. The van der Waals surface area contributed by atoms with Crippen molar-refractivity contribution in [2.75, 3.05) is 34.6 Å².